The van der Waals surface area contributed by atoms with E-state index in [1.807, 2.05) is 0 Å². The maximum atomic E-state index is 12.1. The van der Waals surface area contributed by atoms with Gasteiger partial charge in [0, 0.05) is 24.7 Å². The number of nitrogens with one attached hydrogen (secondary N) is 2. The number of hydrogen-bond donors (Lipinski definition) is 2. The summed E-state index contributed by atoms with van der Waals surface area (Å²) < 4.78 is 24.2. The lowest BCUT2D eigenvalue weighted by Crippen LogP contribution is -2.17. The molecule has 2 aromatic rings. The standard InChI is InChI=1S/C17H18N2O4S/c1-13(20)18-14-7-9-15(10-8-14)19-17(21)11-12-24(22,23)16-5-3-2-4-6-16/h2-10H,11-12H2,1H3,(H,18,20)(H,19,21). The van der Waals surface area contributed by atoms with Crippen LogP contribution < -0.4 is 10.6 Å². The van der Waals surface area contributed by atoms with Gasteiger partial charge in [-0.15, -0.1) is 0 Å². The highest BCUT2D eigenvalue weighted by Crippen LogP contribution is 2.15. The van der Waals surface area contributed by atoms with E-state index in [0.717, 1.165) is 0 Å². The van der Waals surface area contributed by atoms with Gasteiger partial charge in [-0.2, -0.15) is 0 Å². The van der Waals surface area contributed by atoms with Crippen molar-refractivity contribution in [2.75, 3.05) is 16.4 Å². The maximum Gasteiger partial charge on any atom is 0.225 e. The van der Waals surface area contributed by atoms with E-state index < -0.39 is 9.84 Å². The van der Waals surface area contributed by atoms with Gasteiger partial charge in [0.2, 0.25) is 11.8 Å². The van der Waals surface area contributed by atoms with Gasteiger partial charge in [-0.25, -0.2) is 8.42 Å². The molecule has 6 nitrogen and oxygen atoms in total. The van der Waals surface area contributed by atoms with Gasteiger partial charge < -0.3 is 10.6 Å². The molecule has 0 bridgehead atoms. The second-order valence-electron chi connectivity index (χ2n) is 5.19. The van der Waals surface area contributed by atoms with Gasteiger partial charge in [-0.1, -0.05) is 18.2 Å². The van der Waals surface area contributed by atoms with Gasteiger partial charge >= 0.3 is 0 Å². The molecule has 0 atom stereocenters. The second-order valence-corrected chi connectivity index (χ2v) is 7.30. The van der Waals surface area contributed by atoms with Crippen LogP contribution in [0.25, 0.3) is 0 Å². The molecule has 0 heterocycles. The first-order valence-electron chi connectivity index (χ1n) is 7.32. The summed E-state index contributed by atoms with van der Waals surface area (Å²) in [6.07, 6.45) is -0.134. The van der Waals surface area contributed by atoms with Gasteiger partial charge in [-0.3, -0.25) is 9.59 Å². The molecule has 2 N–H and O–H groups in total. The molecule has 7 heteroatoms. The molecule has 0 radical (unpaired) electrons. The summed E-state index contributed by atoms with van der Waals surface area (Å²) in [6, 6.07) is 14.6. The van der Waals surface area contributed by atoms with Gasteiger partial charge in [0.05, 0.1) is 10.6 Å². The zero-order valence-electron chi connectivity index (χ0n) is 13.2. The zero-order chi connectivity index (χ0) is 17.6. The molecule has 0 spiro atoms. The Bertz CT molecular complexity index is 815. The van der Waals surface area contributed by atoms with Crippen LogP contribution in [0, 0.1) is 0 Å². The quantitative estimate of drug-likeness (QED) is 0.840. The first-order valence-corrected chi connectivity index (χ1v) is 8.97. The molecule has 2 aromatic carbocycles. The monoisotopic (exact) mass is 346 g/mol. The van der Waals surface area contributed by atoms with Crippen molar-refractivity contribution in [3.8, 4) is 0 Å². The number of rotatable bonds is 6. The fraction of sp³-hybridized carbons (Fsp3) is 0.176. The van der Waals surface area contributed by atoms with Crippen LogP contribution in [0.1, 0.15) is 13.3 Å². The molecule has 0 saturated heterocycles. The maximum absolute atomic E-state index is 12.1. The minimum absolute atomic E-state index is 0.134. The Balaban J connectivity index is 1.90. The first kappa shape index (κ1) is 17.7. The van der Waals surface area contributed by atoms with Crippen molar-refractivity contribution in [1.29, 1.82) is 0 Å². The highest BCUT2D eigenvalue weighted by Gasteiger charge is 2.16. The average Bonchev–Trinajstić information content (AvgIpc) is 2.55. The van der Waals surface area contributed by atoms with Crippen LogP contribution in [0.3, 0.4) is 0 Å². The van der Waals surface area contributed by atoms with Crippen molar-refractivity contribution in [3.63, 3.8) is 0 Å². The van der Waals surface area contributed by atoms with Crippen LogP contribution in [0.4, 0.5) is 11.4 Å². The minimum Gasteiger partial charge on any atom is -0.326 e. The average molecular weight is 346 g/mol. The number of anilines is 2. The third-order valence-corrected chi connectivity index (χ3v) is 4.92. The van der Waals surface area contributed by atoms with Gasteiger partial charge in [0.1, 0.15) is 0 Å². The first-order chi connectivity index (χ1) is 11.4. The van der Waals surface area contributed by atoms with E-state index in [1.54, 1.807) is 42.5 Å². The summed E-state index contributed by atoms with van der Waals surface area (Å²) in [7, 11) is -3.48. The SMILES string of the molecule is CC(=O)Nc1ccc(NC(=O)CCS(=O)(=O)c2ccccc2)cc1. The Kier molecular flexibility index (Phi) is 5.70. The molecule has 0 unspecified atom stereocenters. The highest BCUT2D eigenvalue weighted by molar-refractivity contribution is 7.91. The number of sulfone groups is 1. The summed E-state index contributed by atoms with van der Waals surface area (Å²) in [4.78, 5) is 23.0. The van der Waals surface area contributed by atoms with E-state index in [4.69, 9.17) is 0 Å². The smallest absolute Gasteiger partial charge is 0.225 e. The molecule has 0 aliphatic heterocycles. The lowest BCUT2D eigenvalue weighted by Gasteiger charge is -2.07. The zero-order valence-corrected chi connectivity index (χ0v) is 14.0. The van der Waals surface area contributed by atoms with Crippen molar-refractivity contribution < 1.29 is 18.0 Å². The van der Waals surface area contributed by atoms with E-state index in [1.165, 1.54) is 19.1 Å². The molecule has 0 fully saturated rings. The topological polar surface area (TPSA) is 92.3 Å². The van der Waals surface area contributed by atoms with Crippen LogP contribution in [0.15, 0.2) is 59.5 Å². The predicted molar refractivity (Wildman–Crippen MR) is 92.5 cm³/mol. The Morgan fingerprint density at radius 2 is 1.42 bits per heavy atom. The Morgan fingerprint density at radius 3 is 1.96 bits per heavy atom. The molecule has 0 aliphatic carbocycles. The Labute approximate surface area is 140 Å². The van der Waals surface area contributed by atoms with E-state index in [0.29, 0.717) is 11.4 Å². The summed E-state index contributed by atoms with van der Waals surface area (Å²) in [5.74, 6) is -0.827. The van der Waals surface area contributed by atoms with E-state index >= 15 is 0 Å². The van der Waals surface area contributed by atoms with Crippen LogP contribution in [-0.2, 0) is 19.4 Å². The van der Waals surface area contributed by atoms with Crippen LogP contribution in [0.2, 0.25) is 0 Å². The number of amides is 2. The summed E-state index contributed by atoms with van der Waals surface area (Å²) >= 11 is 0. The summed E-state index contributed by atoms with van der Waals surface area (Å²) in [5, 5.41) is 5.25. The second kappa shape index (κ2) is 7.74. The minimum atomic E-state index is -3.48. The van der Waals surface area contributed by atoms with Gasteiger partial charge in [0.25, 0.3) is 0 Å². The van der Waals surface area contributed by atoms with Crippen molar-refractivity contribution in [2.24, 2.45) is 0 Å². The number of carbonyl (C=O) groups is 2. The van der Waals surface area contributed by atoms with E-state index in [-0.39, 0.29) is 28.9 Å². The Hall–Kier alpha value is -2.67. The van der Waals surface area contributed by atoms with Crippen molar-refractivity contribution >= 4 is 33.0 Å². The highest BCUT2D eigenvalue weighted by atomic mass is 32.2. The molecular formula is C17H18N2O4S. The molecule has 0 aliphatic rings. The molecule has 2 rings (SSSR count). The van der Waals surface area contributed by atoms with E-state index in [9.17, 15) is 18.0 Å². The van der Waals surface area contributed by atoms with E-state index in [2.05, 4.69) is 10.6 Å². The number of hydrogen-bond acceptors (Lipinski definition) is 4. The number of carbonyl (C=O) groups excluding carboxylic acids is 2. The molecule has 2 amide bonds. The molecule has 0 aromatic heterocycles. The van der Waals surface area contributed by atoms with Crippen LogP contribution >= 0.6 is 0 Å². The van der Waals surface area contributed by atoms with Gasteiger partial charge in [-0.05, 0) is 36.4 Å². The van der Waals surface area contributed by atoms with Crippen LogP contribution in [0.5, 0.6) is 0 Å². The molecular weight excluding hydrogens is 328 g/mol. The van der Waals surface area contributed by atoms with Crippen molar-refractivity contribution in [3.05, 3.63) is 54.6 Å². The third kappa shape index (κ3) is 5.20. The third-order valence-electron chi connectivity index (χ3n) is 3.19. The molecule has 0 saturated carbocycles. The fourth-order valence-electron chi connectivity index (χ4n) is 2.04. The summed E-state index contributed by atoms with van der Waals surface area (Å²) in [6.45, 7) is 1.41. The van der Waals surface area contributed by atoms with Crippen molar-refractivity contribution in [1.82, 2.24) is 0 Å². The largest absolute Gasteiger partial charge is 0.326 e. The lowest BCUT2D eigenvalue weighted by atomic mass is 10.2. The molecule has 24 heavy (non-hydrogen) atoms. The predicted octanol–water partition coefficient (Wildman–Crippen LogP) is 2.45. The van der Waals surface area contributed by atoms with Gasteiger partial charge in [0.15, 0.2) is 9.84 Å². The normalized spacial score (nSPS) is 10.9. The lowest BCUT2D eigenvalue weighted by molar-refractivity contribution is -0.116. The van der Waals surface area contributed by atoms with Crippen LogP contribution in [-0.4, -0.2) is 26.0 Å². The van der Waals surface area contributed by atoms with Crippen molar-refractivity contribution in [2.45, 2.75) is 18.2 Å². The fourth-order valence-corrected chi connectivity index (χ4v) is 3.30. The number of benzene rings is 2. The Morgan fingerprint density at radius 1 is 0.875 bits per heavy atom. The molecule has 126 valence electrons. The summed E-state index contributed by atoms with van der Waals surface area (Å²) in [5.41, 5.74) is 1.15.